The summed E-state index contributed by atoms with van der Waals surface area (Å²) in [4.78, 5) is 2.34. The molecule has 0 aromatic carbocycles. The maximum atomic E-state index is 11.2. The van der Waals surface area contributed by atoms with Gasteiger partial charge in [-0.15, -0.1) is 0 Å². The summed E-state index contributed by atoms with van der Waals surface area (Å²) in [6, 6.07) is 0. The fourth-order valence-electron chi connectivity index (χ4n) is 4.92. The van der Waals surface area contributed by atoms with Crippen molar-refractivity contribution in [2.75, 3.05) is 9.36 Å². The Labute approximate surface area is 197 Å². The molecule has 0 saturated heterocycles. The van der Waals surface area contributed by atoms with Crippen LogP contribution in [0.5, 0.6) is 0 Å². The van der Waals surface area contributed by atoms with Gasteiger partial charge in [-0.25, -0.2) is 0 Å². The zero-order chi connectivity index (χ0) is 20.2. The smallest absolute Gasteiger partial charge is 0 e. The molecule has 0 aliphatic heterocycles. The van der Waals surface area contributed by atoms with Crippen molar-refractivity contribution in [1.29, 1.82) is 0 Å². The zero-order valence-electron chi connectivity index (χ0n) is 18.5. The largest absolute Gasteiger partial charge is 0 e. The summed E-state index contributed by atoms with van der Waals surface area (Å²) >= 11 is 0.109. The molecule has 2 aliphatic rings. The van der Waals surface area contributed by atoms with E-state index in [0.29, 0.717) is 5.76 Å². The molecule has 0 fully saturated rings. The van der Waals surface area contributed by atoms with Crippen molar-refractivity contribution in [3.8, 4) is 0 Å². The number of rotatable bonds is 8. The summed E-state index contributed by atoms with van der Waals surface area (Å²) in [7, 11) is 0. The van der Waals surface area contributed by atoms with Crippen LogP contribution in [0.1, 0.15) is 73.1 Å². The molecule has 0 heterocycles. The van der Waals surface area contributed by atoms with Crippen LogP contribution in [0.25, 0.3) is 0 Å². The quantitative estimate of drug-likeness (QED) is 0.152. The van der Waals surface area contributed by atoms with E-state index in [4.69, 9.17) is 0 Å². The molecule has 162 valence electrons. The Kier molecular flexibility index (Phi) is 10.4. The third kappa shape index (κ3) is 6.38. The van der Waals surface area contributed by atoms with Gasteiger partial charge in [-0.1, -0.05) is 0 Å². The molecule has 28 heavy (non-hydrogen) atoms. The van der Waals surface area contributed by atoms with Crippen LogP contribution in [-0.2, 0) is 21.1 Å². The number of alkyl halides is 2. The van der Waals surface area contributed by atoms with E-state index in [1.54, 1.807) is 0 Å². The number of halogens is 1. The van der Waals surface area contributed by atoms with E-state index in [2.05, 4.69) is 44.3 Å². The maximum absolute atomic E-state index is 11.2. The first-order valence-electron chi connectivity index (χ1n) is 10.4. The molecule has 0 aromatic rings. The van der Waals surface area contributed by atoms with E-state index in [9.17, 15) is 10.2 Å². The summed E-state index contributed by atoms with van der Waals surface area (Å²) in [5, 5.41) is 22.0. The molecule has 2 nitrogen and oxygen atoms in total. The van der Waals surface area contributed by atoms with Crippen molar-refractivity contribution in [3.63, 3.8) is 0 Å². The summed E-state index contributed by atoms with van der Waals surface area (Å²) < 4.78 is 1.18. The van der Waals surface area contributed by atoms with Crippen LogP contribution in [0.3, 0.4) is 0 Å². The van der Waals surface area contributed by atoms with Crippen LogP contribution in [0, 0.1) is 23.7 Å². The first kappa shape index (κ1) is 26.3. The Bertz CT molecular complexity index is 615. The molecule has 0 bridgehead atoms. The van der Waals surface area contributed by atoms with Crippen LogP contribution in [0.4, 0.5) is 0 Å². The van der Waals surface area contributed by atoms with E-state index in [1.807, 2.05) is 13.8 Å². The van der Waals surface area contributed by atoms with Crippen LogP contribution in [0.2, 0.25) is 0 Å². The van der Waals surface area contributed by atoms with Crippen LogP contribution >= 0.6 is 0 Å². The second kappa shape index (κ2) is 11.0. The Morgan fingerprint density at radius 3 is 2.57 bits per heavy atom. The molecule has 3 unspecified atom stereocenters. The van der Waals surface area contributed by atoms with Gasteiger partial charge in [0.05, 0.1) is 0 Å². The minimum Gasteiger partial charge on any atom is 0 e. The molecule has 2 rings (SSSR count). The molecule has 0 aromatic heterocycles. The number of aliphatic hydroxyl groups excluding tert-OH is 1. The molecule has 0 saturated carbocycles. The van der Waals surface area contributed by atoms with Crippen LogP contribution < -0.4 is 21.2 Å². The first-order chi connectivity index (χ1) is 12.6. The van der Waals surface area contributed by atoms with E-state index in [1.165, 1.54) is 40.4 Å². The second-order valence-corrected chi connectivity index (χ2v) is 11.6. The minimum atomic E-state index is -0.765. The molecule has 0 spiro atoms. The van der Waals surface area contributed by atoms with Gasteiger partial charge in [0, 0.05) is 21.1 Å². The van der Waals surface area contributed by atoms with E-state index < -0.39 is 5.60 Å². The van der Waals surface area contributed by atoms with Crippen molar-refractivity contribution < 1.29 is 52.5 Å². The fraction of sp³-hybridized carbons (Fsp3) is 0.708. The van der Waals surface area contributed by atoms with Gasteiger partial charge in [0.1, 0.15) is 0 Å². The van der Waals surface area contributed by atoms with Gasteiger partial charge in [0.2, 0.25) is 0 Å². The first-order valence-corrected chi connectivity index (χ1v) is 14.1. The van der Waals surface area contributed by atoms with E-state index >= 15 is 0 Å². The maximum Gasteiger partial charge on any atom is 0 e. The van der Waals surface area contributed by atoms with Gasteiger partial charge in [-0.05, 0) is 0 Å². The predicted molar refractivity (Wildman–Crippen MR) is 111 cm³/mol. The molecular formula is C24H39IMoO2-2. The van der Waals surface area contributed by atoms with Crippen LogP contribution in [0.15, 0.2) is 34.6 Å². The number of unbranched alkanes of at least 4 members (excludes halogenated alkanes) is 2. The fourth-order valence-corrected chi connectivity index (χ4v) is 7.28. The van der Waals surface area contributed by atoms with Crippen molar-refractivity contribution in [3.05, 3.63) is 41.1 Å². The van der Waals surface area contributed by atoms with Gasteiger partial charge >= 0.3 is 178 Å². The molecule has 0 amide bonds. The summed E-state index contributed by atoms with van der Waals surface area (Å²) in [6.45, 7) is 10.6. The minimum absolute atomic E-state index is 0. The number of hydrogen-bond acceptors (Lipinski definition) is 2. The SMILES string of the molecule is CCCCCC1=CC(O)=C(C2C=C(C)[CH-]CC2C(C)(C)O)C(C)(C[I-]C)C1.[Mo]. The zero-order valence-corrected chi connectivity index (χ0v) is 22.7. The molecule has 0 radical (unpaired) electrons. The molecule has 2 N–H and O–H groups in total. The van der Waals surface area contributed by atoms with Gasteiger partial charge in [0.15, 0.2) is 0 Å². The Hall–Kier alpha value is 0.268. The predicted octanol–water partition coefficient (Wildman–Crippen LogP) is 2.99. The molecule has 3 atom stereocenters. The van der Waals surface area contributed by atoms with E-state index in [-0.39, 0.29) is 59.5 Å². The summed E-state index contributed by atoms with van der Waals surface area (Å²) in [6.07, 6.45) is 13.3. The second-order valence-electron chi connectivity index (χ2n) is 9.33. The van der Waals surface area contributed by atoms with Gasteiger partial charge in [-0.2, -0.15) is 0 Å². The van der Waals surface area contributed by atoms with Crippen molar-refractivity contribution in [2.45, 2.75) is 78.7 Å². The summed E-state index contributed by atoms with van der Waals surface area (Å²) in [5.41, 5.74) is 3.12. The van der Waals surface area contributed by atoms with Crippen molar-refractivity contribution in [2.24, 2.45) is 17.3 Å². The van der Waals surface area contributed by atoms with Crippen molar-refractivity contribution in [1.82, 2.24) is 0 Å². The topological polar surface area (TPSA) is 40.5 Å². The average molecular weight is 582 g/mol. The third-order valence-corrected chi connectivity index (χ3v) is 8.67. The average Bonchev–Trinajstić information content (AvgIpc) is 2.53. The standard InChI is InChI=1S/C24H39IO2.Mo/c1-7-8-9-10-18-14-21(26)22(24(5,15-18)16-25-6)19-13-17(2)11-12-20(19)23(3,4)27;/h11,13-14,19-20,26-27H,7-10,12,15-16H2,1-6H3;/q-2;. The van der Waals surface area contributed by atoms with Crippen LogP contribution in [-0.4, -0.2) is 25.2 Å². The Morgan fingerprint density at radius 1 is 1.32 bits per heavy atom. The Balaban J connectivity index is 0.00000392. The molecular weight excluding hydrogens is 543 g/mol. The monoisotopic (exact) mass is 584 g/mol. The molecule has 2 aliphatic carbocycles. The number of allylic oxidation sites excluding steroid dienone is 5. The molecule has 4 heteroatoms. The Morgan fingerprint density at radius 2 is 2.00 bits per heavy atom. The number of aliphatic hydroxyl groups is 2. The normalized spacial score (nSPS) is 28.4. The van der Waals surface area contributed by atoms with E-state index in [0.717, 1.165) is 19.3 Å². The third-order valence-electron chi connectivity index (χ3n) is 6.22. The summed E-state index contributed by atoms with van der Waals surface area (Å²) in [5.74, 6) is 0.713. The van der Waals surface area contributed by atoms with Gasteiger partial charge in [0.25, 0.3) is 0 Å². The van der Waals surface area contributed by atoms with Crippen molar-refractivity contribution >= 4 is 0 Å². The van der Waals surface area contributed by atoms with Gasteiger partial charge < -0.3 is 0 Å². The van der Waals surface area contributed by atoms with Gasteiger partial charge in [-0.3, -0.25) is 0 Å². The number of hydrogen-bond donors (Lipinski definition) is 2.